The molecule has 11 aromatic rings. The van der Waals surface area contributed by atoms with Crippen molar-refractivity contribution in [2.45, 2.75) is 20.8 Å². The number of hydrogen-bond acceptors (Lipinski definition) is 1. The lowest BCUT2D eigenvalue weighted by Crippen LogP contribution is -2.04. The van der Waals surface area contributed by atoms with Gasteiger partial charge in [0.1, 0.15) is 0 Å². The molecule has 4 heteroatoms. The number of nitriles is 1. The van der Waals surface area contributed by atoms with Gasteiger partial charge in [-0.05, 0) is 120 Å². The molecule has 0 saturated heterocycles. The average Bonchev–Trinajstić information content (AvgIpc) is 3.83. The van der Waals surface area contributed by atoms with E-state index in [1.807, 2.05) is 24.3 Å². The summed E-state index contributed by atoms with van der Waals surface area (Å²) < 4.78 is 4.73. The van der Waals surface area contributed by atoms with E-state index in [9.17, 15) is 5.26 Å². The molecule has 4 nitrogen and oxygen atoms in total. The third kappa shape index (κ3) is 6.12. The normalized spacial score (nSPS) is 11.4. The van der Waals surface area contributed by atoms with Gasteiger partial charge in [-0.2, -0.15) is 5.26 Å². The van der Waals surface area contributed by atoms with Crippen LogP contribution in [0.3, 0.4) is 0 Å². The molecule has 0 aliphatic carbocycles. The quantitative estimate of drug-likeness (QED) is 0.154. The van der Waals surface area contributed by atoms with Crippen molar-refractivity contribution < 1.29 is 0 Å². The van der Waals surface area contributed by atoms with Gasteiger partial charge in [-0.15, -0.1) is 0 Å². The largest absolute Gasteiger partial charge is 0.310 e. The Morgan fingerprint density at radius 3 is 1.48 bits per heavy atom. The first-order valence-corrected chi connectivity index (χ1v) is 21.3. The highest BCUT2D eigenvalue weighted by Gasteiger charge is 2.26. The van der Waals surface area contributed by atoms with E-state index in [1.165, 1.54) is 22.3 Å². The molecular formula is C59H40N4. The number of aromatic nitrogens is 2. The van der Waals surface area contributed by atoms with Gasteiger partial charge < -0.3 is 9.13 Å². The molecule has 0 aliphatic heterocycles. The number of rotatable bonds is 6. The maximum atomic E-state index is 9.92. The predicted octanol–water partition coefficient (Wildman–Crippen LogP) is 15.9. The van der Waals surface area contributed by atoms with Crippen LogP contribution in [0.5, 0.6) is 0 Å². The molecule has 0 amide bonds. The first-order valence-electron chi connectivity index (χ1n) is 21.3. The molecule has 0 aliphatic rings. The second-order valence-electron chi connectivity index (χ2n) is 16.5. The summed E-state index contributed by atoms with van der Waals surface area (Å²) in [7, 11) is 0. The van der Waals surface area contributed by atoms with Crippen LogP contribution in [0.1, 0.15) is 22.3 Å². The fraction of sp³-hybridized carbons (Fsp3) is 0.0508. The van der Waals surface area contributed by atoms with E-state index in [2.05, 4.69) is 205 Å². The molecule has 0 saturated carbocycles. The van der Waals surface area contributed by atoms with Gasteiger partial charge in [0.05, 0.1) is 46.0 Å². The second kappa shape index (κ2) is 14.9. The highest BCUT2D eigenvalue weighted by atomic mass is 15.0. The lowest BCUT2D eigenvalue weighted by Gasteiger charge is -2.23. The van der Waals surface area contributed by atoms with E-state index in [0.717, 1.165) is 93.9 Å². The molecule has 0 bridgehead atoms. The summed E-state index contributed by atoms with van der Waals surface area (Å²) in [6.45, 7) is 15.1. The minimum atomic E-state index is 0.553. The van der Waals surface area contributed by atoms with E-state index in [1.54, 1.807) is 0 Å². The van der Waals surface area contributed by atoms with Gasteiger partial charge in [-0.3, -0.25) is 0 Å². The van der Waals surface area contributed by atoms with Crippen LogP contribution in [0.4, 0.5) is 5.69 Å². The minimum absolute atomic E-state index is 0.553. The van der Waals surface area contributed by atoms with Crippen molar-refractivity contribution in [1.82, 2.24) is 9.13 Å². The summed E-state index contributed by atoms with van der Waals surface area (Å²) in [5.41, 5.74) is 19.2. The van der Waals surface area contributed by atoms with Crippen molar-refractivity contribution >= 4 is 49.3 Å². The Kier molecular flexibility index (Phi) is 8.90. The fourth-order valence-electron chi connectivity index (χ4n) is 9.79. The first kappa shape index (κ1) is 37.6. The van der Waals surface area contributed by atoms with Crippen molar-refractivity contribution in [2.75, 3.05) is 0 Å². The van der Waals surface area contributed by atoms with Crippen LogP contribution in [-0.4, -0.2) is 9.13 Å². The summed E-state index contributed by atoms with van der Waals surface area (Å²) in [6, 6.07) is 69.0. The first-order chi connectivity index (χ1) is 30.9. The van der Waals surface area contributed by atoms with Gasteiger partial charge in [0.25, 0.3) is 0 Å². The van der Waals surface area contributed by atoms with Gasteiger partial charge in [-0.1, -0.05) is 139 Å². The summed E-state index contributed by atoms with van der Waals surface area (Å²) in [5.74, 6) is 0. The molecule has 0 atom stereocenters. The maximum absolute atomic E-state index is 9.92. The Hall–Kier alpha value is -8.44. The zero-order valence-electron chi connectivity index (χ0n) is 35.2. The van der Waals surface area contributed by atoms with Crippen LogP contribution in [0.25, 0.3) is 104 Å². The Morgan fingerprint density at radius 1 is 0.429 bits per heavy atom. The average molecular weight is 805 g/mol. The standard InChI is InChI=1S/C59H40N4/c1-37-13-9-15-41(31-37)43-26-29-54-49(34-43)46-17-5-7-21-52(46)62(54)56-23-11-19-48(45-28-25-40(36-60)33-39(45)3)58(56)59-51(61-4)20-12-24-57(59)63-53-22-8-6-18-47(53)50-35-44(27-30-55(50)63)42-16-10-14-38(2)32-42/h5-35H,1-3H3. The molecular weight excluding hydrogens is 765 g/mol. The van der Waals surface area contributed by atoms with Crippen LogP contribution in [-0.2, 0) is 0 Å². The molecule has 0 fully saturated rings. The van der Waals surface area contributed by atoms with E-state index in [-0.39, 0.29) is 0 Å². The monoisotopic (exact) mass is 804 g/mol. The Labute approximate surface area is 366 Å². The van der Waals surface area contributed by atoms with E-state index < -0.39 is 0 Å². The maximum Gasteiger partial charge on any atom is 0.197 e. The van der Waals surface area contributed by atoms with Crippen molar-refractivity contribution in [3.05, 3.63) is 222 Å². The van der Waals surface area contributed by atoms with Gasteiger partial charge in [0.15, 0.2) is 5.69 Å². The molecule has 11 rings (SSSR count). The summed E-state index contributed by atoms with van der Waals surface area (Å²) in [6.07, 6.45) is 0. The second-order valence-corrected chi connectivity index (χ2v) is 16.5. The molecule has 9 aromatic carbocycles. The smallest absolute Gasteiger partial charge is 0.197 e. The van der Waals surface area contributed by atoms with Crippen molar-refractivity contribution in [2.24, 2.45) is 0 Å². The number of benzene rings is 9. The van der Waals surface area contributed by atoms with E-state index >= 15 is 0 Å². The molecule has 296 valence electrons. The number of aryl methyl sites for hydroxylation is 3. The molecule has 2 heterocycles. The number of hydrogen-bond donors (Lipinski definition) is 0. The highest BCUT2D eigenvalue weighted by molar-refractivity contribution is 6.14. The van der Waals surface area contributed by atoms with Gasteiger partial charge in [-0.25, -0.2) is 4.85 Å². The summed E-state index contributed by atoms with van der Waals surface area (Å²) >= 11 is 0. The Bertz CT molecular complexity index is 3750. The van der Waals surface area contributed by atoms with Crippen LogP contribution in [0.15, 0.2) is 188 Å². The number of fused-ring (bicyclic) bond motifs is 6. The van der Waals surface area contributed by atoms with Crippen molar-refractivity contribution in [3.8, 4) is 62.0 Å². The summed E-state index contributed by atoms with van der Waals surface area (Å²) in [4.78, 5) is 4.31. The lowest BCUT2D eigenvalue weighted by molar-refractivity contribution is 1.16. The van der Waals surface area contributed by atoms with E-state index in [0.29, 0.717) is 11.3 Å². The molecule has 0 N–H and O–H groups in total. The lowest BCUT2D eigenvalue weighted by atomic mass is 9.88. The van der Waals surface area contributed by atoms with Gasteiger partial charge in [0, 0.05) is 38.4 Å². The van der Waals surface area contributed by atoms with Crippen LogP contribution >= 0.6 is 0 Å². The van der Waals surface area contributed by atoms with Crippen LogP contribution < -0.4 is 0 Å². The zero-order valence-corrected chi connectivity index (χ0v) is 35.2. The van der Waals surface area contributed by atoms with Crippen molar-refractivity contribution in [3.63, 3.8) is 0 Å². The third-order valence-corrected chi connectivity index (χ3v) is 12.6. The molecule has 0 unspecified atom stereocenters. The predicted molar refractivity (Wildman–Crippen MR) is 262 cm³/mol. The van der Waals surface area contributed by atoms with Gasteiger partial charge in [0.2, 0.25) is 0 Å². The molecule has 0 radical (unpaired) electrons. The van der Waals surface area contributed by atoms with E-state index in [4.69, 9.17) is 6.57 Å². The van der Waals surface area contributed by atoms with Crippen molar-refractivity contribution in [1.29, 1.82) is 5.26 Å². The number of nitrogens with zero attached hydrogens (tertiary/aromatic N) is 4. The minimum Gasteiger partial charge on any atom is -0.310 e. The third-order valence-electron chi connectivity index (χ3n) is 12.6. The zero-order chi connectivity index (χ0) is 42.8. The van der Waals surface area contributed by atoms with Crippen LogP contribution in [0, 0.1) is 38.7 Å². The Balaban J connectivity index is 1.25. The molecule has 63 heavy (non-hydrogen) atoms. The van der Waals surface area contributed by atoms with Gasteiger partial charge >= 0.3 is 0 Å². The SMILES string of the molecule is [C-]#[N+]c1cccc(-n2c3ccccc3c3cc(-c4cccc(C)c4)ccc32)c1-c1c(-c2ccc(C#N)cc2C)cccc1-n1c2ccccc2c2cc(-c3cccc(C)c3)ccc21. The Morgan fingerprint density at radius 2 is 0.937 bits per heavy atom. The van der Waals surface area contributed by atoms with Crippen LogP contribution in [0.2, 0.25) is 0 Å². The topological polar surface area (TPSA) is 38.0 Å². The molecule has 0 spiro atoms. The summed E-state index contributed by atoms with van der Waals surface area (Å²) in [5, 5.41) is 14.5. The molecule has 2 aromatic heterocycles. The highest BCUT2D eigenvalue weighted by Crippen LogP contribution is 2.49. The number of para-hydroxylation sites is 2. The fourth-order valence-corrected chi connectivity index (χ4v) is 9.79.